The smallest absolute Gasteiger partial charge is 0.872 e. The summed E-state index contributed by atoms with van der Waals surface area (Å²) in [5.41, 5.74) is 0.504. The second-order valence-corrected chi connectivity index (χ2v) is 3.91. The molecule has 0 unspecified atom stereocenters. The maximum Gasteiger partial charge on any atom is 1.00 e. The Balaban J connectivity index is 0.00000256. The van der Waals surface area contributed by atoms with Gasteiger partial charge in [0.25, 0.3) is 0 Å². The fourth-order valence-electron chi connectivity index (χ4n) is 1.69. The molecule has 0 radical (unpaired) electrons. The summed E-state index contributed by atoms with van der Waals surface area (Å²) in [6.45, 7) is 2.13. The quantitative estimate of drug-likeness (QED) is 0.546. The molecule has 4 heteroatoms. The van der Waals surface area contributed by atoms with Gasteiger partial charge < -0.3 is 10.2 Å². The van der Waals surface area contributed by atoms with Crippen LogP contribution in [0.25, 0.3) is 0 Å². The SMILES string of the molecule is CCCCCCc1cccc(C(=O)O)c1[O-].[Na+]. The van der Waals surface area contributed by atoms with Gasteiger partial charge in [0.05, 0.1) is 5.56 Å². The third-order valence-corrected chi connectivity index (χ3v) is 2.63. The molecule has 0 aromatic heterocycles. The monoisotopic (exact) mass is 244 g/mol. The number of aryl methyl sites for hydroxylation is 1. The fraction of sp³-hybridized carbons (Fsp3) is 0.462. The molecular weight excluding hydrogens is 227 g/mol. The second kappa shape index (κ2) is 8.56. The van der Waals surface area contributed by atoms with Crippen molar-refractivity contribution in [2.24, 2.45) is 0 Å². The van der Waals surface area contributed by atoms with E-state index >= 15 is 0 Å². The molecule has 0 spiro atoms. The molecule has 0 aliphatic rings. The zero-order valence-electron chi connectivity index (χ0n) is 10.5. The molecule has 1 rings (SSSR count). The fourth-order valence-corrected chi connectivity index (χ4v) is 1.69. The molecule has 0 atom stereocenters. The van der Waals surface area contributed by atoms with Gasteiger partial charge in [-0.1, -0.05) is 49.6 Å². The van der Waals surface area contributed by atoms with Gasteiger partial charge in [-0.3, -0.25) is 0 Å². The minimum absolute atomic E-state index is 0. The van der Waals surface area contributed by atoms with Crippen molar-refractivity contribution in [2.45, 2.75) is 39.0 Å². The minimum atomic E-state index is -1.14. The van der Waals surface area contributed by atoms with E-state index in [0.717, 1.165) is 25.7 Å². The summed E-state index contributed by atoms with van der Waals surface area (Å²) in [7, 11) is 0. The summed E-state index contributed by atoms with van der Waals surface area (Å²) < 4.78 is 0. The van der Waals surface area contributed by atoms with Crippen molar-refractivity contribution in [3.63, 3.8) is 0 Å². The molecule has 1 aromatic carbocycles. The van der Waals surface area contributed by atoms with Crippen molar-refractivity contribution in [3.8, 4) is 5.75 Å². The predicted molar refractivity (Wildman–Crippen MR) is 60.7 cm³/mol. The van der Waals surface area contributed by atoms with Gasteiger partial charge in [-0.15, -0.1) is 0 Å². The molecule has 3 nitrogen and oxygen atoms in total. The maximum absolute atomic E-state index is 11.7. The number of unbranched alkanes of at least 4 members (excludes halogenated alkanes) is 3. The molecule has 0 aliphatic carbocycles. The average molecular weight is 244 g/mol. The number of hydrogen-bond donors (Lipinski definition) is 1. The van der Waals surface area contributed by atoms with E-state index in [0.29, 0.717) is 12.0 Å². The summed E-state index contributed by atoms with van der Waals surface area (Å²) in [6, 6.07) is 4.72. The molecule has 17 heavy (non-hydrogen) atoms. The van der Waals surface area contributed by atoms with Crippen molar-refractivity contribution in [3.05, 3.63) is 29.3 Å². The van der Waals surface area contributed by atoms with Gasteiger partial charge in [-0.05, 0) is 18.9 Å². The van der Waals surface area contributed by atoms with Crippen LogP contribution >= 0.6 is 0 Å². The van der Waals surface area contributed by atoms with Crippen LogP contribution in [0.2, 0.25) is 0 Å². The van der Waals surface area contributed by atoms with E-state index in [9.17, 15) is 9.90 Å². The van der Waals surface area contributed by atoms with Crippen LogP contribution in [-0.2, 0) is 6.42 Å². The Morgan fingerprint density at radius 3 is 2.59 bits per heavy atom. The van der Waals surface area contributed by atoms with Gasteiger partial charge in [-0.25, -0.2) is 4.79 Å². The van der Waals surface area contributed by atoms with E-state index in [1.165, 1.54) is 6.07 Å². The second-order valence-electron chi connectivity index (χ2n) is 3.91. The van der Waals surface area contributed by atoms with Crippen molar-refractivity contribution in [1.82, 2.24) is 0 Å². The molecule has 88 valence electrons. The van der Waals surface area contributed by atoms with E-state index in [-0.39, 0.29) is 40.9 Å². The average Bonchev–Trinajstić information content (AvgIpc) is 2.26. The van der Waals surface area contributed by atoms with Crippen LogP contribution in [0.3, 0.4) is 0 Å². The molecule has 0 heterocycles. The zero-order valence-corrected chi connectivity index (χ0v) is 12.5. The molecule has 0 amide bonds. The van der Waals surface area contributed by atoms with E-state index in [4.69, 9.17) is 5.11 Å². The Kier molecular flexibility index (Phi) is 8.30. The van der Waals surface area contributed by atoms with Crippen LogP contribution in [0.4, 0.5) is 0 Å². The number of carboxylic acid groups (broad SMARTS) is 1. The number of rotatable bonds is 6. The molecular formula is C13H17NaO3. The Morgan fingerprint density at radius 2 is 2.00 bits per heavy atom. The number of para-hydroxylation sites is 1. The normalized spacial score (nSPS) is 9.71. The van der Waals surface area contributed by atoms with Crippen LogP contribution in [0.5, 0.6) is 5.75 Å². The van der Waals surface area contributed by atoms with E-state index in [1.807, 2.05) is 0 Å². The van der Waals surface area contributed by atoms with Crippen LogP contribution in [-0.4, -0.2) is 11.1 Å². The minimum Gasteiger partial charge on any atom is -0.872 e. The number of hydrogen-bond acceptors (Lipinski definition) is 2. The summed E-state index contributed by atoms with van der Waals surface area (Å²) in [5, 5.41) is 20.5. The van der Waals surface area contributed by atoms with E-state index in [1.54, 1.807) is 12.1 Å². The molecule has 0 saturated heterocycles. The molecule has 0 fully saturated rings. The van der Waals surface area contributed by atoms with Gasteiger partial charge in [-0.2, -0.15) is 0 Å². The third-order valence-electron chi connectivity index (χ3n) is 2.63. The van der Waals surface area contributed by atoms with Gasteiger partial charge >= 0.3 is 35.5 Å². The van der Waals surface area contributed by atoms with Crippen LogP contribution in [0.1, 0.15) is 48.5 Å². The van der Waals surface area contributed by atoms with Crippen molar-refractivity contribution < 1.29 is 44.6 Å². The van der Waals surface area contributed by atoms with Gasteiger partial charge in [0, 0.05) is 0 Å². The number of carboxylic acids is 1. The number of benzene rings is 1. The first-order valence-corrected chi connectivity index (χ1v) is 5.69. The van der Waals surface area contributed by atoms with Crippen LogP contribution < -0.4 is 34.7 Å². The van der Waals surface area contributed by atoms with Gasteiger partial charge in [0.1, 0.15) is 0 Å². The number of carbonyl (C=O) groups is 1. The van der Waals surface area contributed by atoms with E-state index in [2.05, 4.69) is 6.92 Å². The molecule has 0 aliphatic heterocycles. The van der Waals surface area contributed by atoms with Gasteiger partial charge in [0.15, 0.2) is 0 Å². The van der Waals surface area contributed by atoms with Crippen LogP contribution in [0.15, 0.2) is 18.2 Å². The third kappa shape index (κ3) is 5.11. The topological polar surface area (TPSA) is 60.4 Å². The standard InChI is InChI=1S/C13H18O3.Na/c1-2-3-4-5-7-10-8-6-9-11(12(10)14)13(15)16;/h6,8-9,14H,2-5,7H2,1H3,(H,15,16);/q;+1/p-1. The summed E-state index contributed by atoms with van der Waals surface area (Å²) in [5.74, 6) is -1.47. The predicted octanol–water partition coefficient (Wildman–Crippen LogP) is -0.415. The molecule has 1 aromatic rings. The number of aromatic carboxylic acids is 1. The van der Waals surface area contributed by atoms with Crippen molar-refractivity contribution in [1.29, 1.82) is 0 Å². The van der Waals surface area contributed by atoms with Crippen LogP contribution in [0, 0.1) is 0 Å². The Bertz CT molecular complexity index is 364. The largest absolute Gasteiger partial charge is 1.00 e. The van der Waals surface area contributed by atoms with Crippen molar-refractivity contribution in [2.75, 3.05) is 0 Å². The molecule has 0 saturated carbocycles. The zero-order chi connectivity index (χ0) is 12.0. The first-order valence-electron chi connectivity index (χ1n) is 5.69. The van der Waals surface area contributed by atoms with E-state index < -0.39 is 5.97 Å². The summed E-state index contributed by atoms with van der Waals surface area (Å²) in [4.78, 5) is 10.8. The first kappa shape index (κ1) is 16.5. The summed E-state index contributed by atoms with van der Waals surface area (Å²) >= 11 is 0. The Hall–Kier alpha value is -0.510. The van der Waals surface area contributed by atoms with Crippen molar-refractivity contribution >= 4 is 5.97 Å². The maximum atomic E-state index is 11.7. The Labute approximate surface area is 124 Å². The van der Waals surface area contributed by atoms with Gasteiger partial charge in [0.2, 0.25) is 0 Å². The Morgan fingerprint density at radius 1 is 1.29 bits per heavy atom. The summed E-state index contributed by atoms with van der Waals surface area (Å²) in [6.07, 6.45) is 5.03. The molecule has 1 N–H and O–H groups in total. The molecule has 0 bridgehead atoms. The first-order chi connectivity index (χ1) is 7.66.